The van der Waals surface area contributed by atoms with E-state index in [1.165, 1.54) is 29.5 Å². The van der Waals surface area contributed by atoms with Crippen LogP contribution < -0.4 is 5.43 Å². The largest absolute Gasteiger partial charge is 0.450 e. The molecule has 0 saturated carbocycles. The highest BCUT2D eigenvalue weighted by molar-refractivity contribution is 7.10. The van der Waals surface area contributed by atoms with Crippen molar-refractivity contribution in [1.29, 1.82) is 0 Å². The molecule has 6 nitrogen and oxygen atoms in total. The Morgan fingerprint density at radius 1 is 1.13 bits per heavy atom. The Bertz CT molecular complexity index is 1140. The van der Waals surface area contributed by atoms with E-state index < -0.39 is 11.9 Å². The van der Waals surface area contributed by atoms with Gasteiger partial charge in [-0.1, -0.05) is 6.07 Å². The van der Waals surface area contributed by atoms with Crippen molar-refractivity contribution in [1.82, 2.24) is 9.80 Å². The Hall–Kier alpha value is -2.55. The maximum atomic E-state index is 13.8. The van der Waals surface area contributed by atoms with Crippen LogP contribution in [0, 0.1) is 5.82 Å². The summed E-state index contributed by atoms with van der Waals surface area (Å²) in [5.41, 5.74) is 0.202. The van der Waals surface area contributed by atoms with Gasteiger partial charge in [-0.15, -0.1) is 11.3 Å². The molecule has 0 aliphatic carbocycles. The molecule has 1 aromatic carbocycles. The molecule has 0 spiro atoms. The first-order valence-corrected chi connectivity index (χ1v) is 10.9. The minimum atomic E-state index is -0.505. The first-order chi connectivity index (χ1) is 14.6. The van der Waals surface area contributed by atoms with E-state index in [2.05, 4.69) is 4.90 Å². The SMILES string of the molecule is O=C1c2oc3ccc(F)cc3c(=O)c2[C@@H](c2cccs2)N1CCCN1CCOCC1. The molecule has 4 heterocycles. The minimum Gasteiger partial charge on any atom is -0.450 e. The molecule has 2 aliphatic rings. The van der Waals surface area contributed by atoms with E-state index in [1.54, 1.807) is 4.90 Å². The van der Waals surface area contributed by atoms with Crippen molar-refractivity contribution in [3.8, 4) is 0 Å². The van der Waals surface area contributed by atoms with Gasteiger partial charge in [-0.25, -0.2) is 4.39 Å². The fraction of sp³-hybridized carbons (Fsp3) is 0.364. The number of halogens is 1. The molecule has 0 bridgehead atoms. The topological polar surface area (TPSA) is 63.0 Å². The fourth-order valence-electron chi connectivity index (χ4n) is 4.26. The number of carbonyl (C=O) groups is 1. The number of morpholine rings is 1. The summed E-state index contributed by atoms with van der Waals surface area (Å²) in [4.78, 5) is 31.4. The van der Waals surface area contributed by atoms with Crippen LogP contribution >= 0.6 is 11.3 Å². The van der Waals surface area contributed by atoms with Crippen LogP contribution in [0.3, 0.4) is 0 Å². The Labute approximate surface area is 176 Å². The number of ether oxygens (including phenoxy) is 1. The van der Waals surface area contributed by atoms with Crippen molar-refractivity contribution >= 4 is 28.2 Å². The molecule has 1 fully saturated rings. The van der Waals surface area contributed by atoms with Crippen LogP contribution in [0.15, 0.2) is 44.9 Å². The maximum absolute atomic E-state index is 13.8. The Balaban J connectivity index is 1.50. The van der Waals surface area contributed by atoms with Crippen molar-refractivity contribution in [2.24, 2.45) is 0 Å². The number of rotatable bonds is 5. The van der Waals surface area contributed by atoms with Crippen LogP contribution in [0.4, 0.5) is 4.39 Å². The van der Waals surface area contributed by atoms with Gasteiger partial charge < -0.3 is 14.1 Å². The molecule has 2 aliphatic heterocycles. The van der Waals surface area contributed by atoms with Gasteiger partial charge in [-0.3, -0.25) is 14.5 Å². The van der Waals surface area contributed by atoms with E-state index in [1.807, 2.05) is 17.5 Å². The third-order valence-corrected chi connectivity index (χ3v) is 6.64. The van der Waals surface area contributed by atoms with Crippen LogP contribution in [-0.2, 0) is 4.74 Å². The number of nitrogens with zero attached hydrogens (tertiary/aromatic N) is 2. The molecule has 8 heteroatoms. The molecule has 1 atom stereocenters. The highest BCUT2D eigenvalue weighted by Gasteiger charge is 2.42. The number of hydrogen-bond acceptors (Lipinski definition) is 6. The standard InChI is InChI=1S/C22H21FN2O4S/c23-14-4-5-16-15(13-14)20(26)18-19(17-3-1-12-30-17)25(22(27)21(18)29-16)7-2-6-24-8-10-28-11-9-24/h1,3-5,12-13,19H,2,6-11H2/t19-/m1/s1. The lowest BCUT2D eigenvalue weighted by atomic mass is 10.0. The van der Waals surface area contributed by atoms with Crippen molar-refractivity contribution < 1.29 is 18.3 Å². The summed E-state index contributed by atoms with van der Waals surface area (Å²) in [7, 11) is 0. The zero-order valence-electron chi connectivity index (χ0n) is 16.3. The average Bonchev–Trinajstić information content (AvgIpc) is 3.37. The lowest BCUT2D eigenvalue weighted by Crippen LogP contribution is -2.38. The van der Waals surface area contributed by atoms with Gasteiger partial charge in [0.15, 0.2) is 5.43 Å². The normalized spacial score (nSPS) is 19.6. The zero-order valence-corrected chi connectivity index (χ0v) is 17.1. The van der Waals surface area contributed by atoms with Crippen molar-refractivity contribution in [2.45, 2.75) is 12.5 Å². The summed E-state index contributed by atoms with van der Waals surface area (Å²) in [6, 6.07) is 7.13. The lowest BCUT2D eigenvalue weighted by Gasteiger charge is -2.28. The Morgan fingerprint density at radius 2 is 1.97 bits per heavy atom. The quantitative estimate of drug-likeness (QED) is 0.624. The first kappa shape index (κ1) is 19.4. The smallest absolute Gasteiger partial charge is 0.290 e. The van der Waals surface area contributed by atoms with Crippen LogP contribution in [0.25, 0.3) is 11.0 Å². The third kappa shape index (κ3) is 3.34. The number of benzene rings is 1. The molecule has 0 radical (unpaired) electrons. The fourth-order valence-corrected chi connectivity index (χ4v) is 5.10. The highest BCUT2D eigenvalue weighted by atomic mass is 32.1. The molecule has 1 saturated heterocycles. The Morgan fingerprint density at radius 3 is 2.73 bits per heavy atom. The number of thiophene rings is 1. The van der Waals surface area contributed by atoms with Crippen LogP contribution in [0.5, 0.6) is 0 Å². The molecule has 30 heavy (non-hydrogen) atoms. The van der Waals surface area contributed by atoms with Crippen LogP contribution in [0.2, 0.25) is 0 Å². The van der Waals surface area contributed by atoms with Gasteiger partial charge >= 0.3 is 0 Å². The second kappa shape index (κ2) is 7.94. The van der Waals surface area contributed by atoms with Gasteiger partial charge in [0.25, 0.3) is 5.91 Å². The molecule has 3 aromatic rings. The molecule has 156 valence electrons. The minimum absolute atomic E-state index is 0.0730. The van der Waals surface area contributed by atoms with Gasteiger partial charge in [-0.05, 0) is 36.1 Å². The van der Waals surface area contributed by atoms with Gasteiger partial charge in [-0.2, -0.15) is 0 Å². The van der Waals surface area contributed by atoms with Crippen molar-refractivity contribution in [3.63, 3.8) is 0 Å². The summed E-state index contributed by atoms with van der Waals surface area (Å²) >= 11 is 1.49. The van der Waals surface area contributed by atoms with Gasteiger partial charge in [0, 0.05) is 31.1 Å². The first-order valence-electron chi connectivity index (χ1n) is 10.0. The van der Waals surface area contributed by atoms with Gasteiger partial charge in [0.1, 0.15) is 11.4 Å². The number of amides is 1. The number of fused-ring (bicyclic) bond motifs is 2. The second-order valence-corrected chi connectivity index (χ2v) is 8.52. The summed E-state index contributed by atoms with van der Waals surface area (Å²) in [6.07, 6.45) is 0.782. The monoisotopic (exact) mass is 428 g/mol. The van der Waals surface area contributed by atoms with Crippen molar-refractivity contribution in [3.05, 3.63) is 68.0 Å². The van der Waals surface area contributed by atoms with E-state index in [4.69, 9.17) is 9.15 Å². The van der Waals surface area contributed by atoms with E-state index in [9.17, 15) is 14.0 Å². The Kier molecular flexibility index (Phi) is 5.14. The number of carbonyl (C=O) groups excluding carboxylic acids is 1. The second-order valence-electron chi connectivity index (χ2n) is 7.54. The molecular formula is C22H21FN2O4S. The van der Waals surface area contributed by atoms with Gasteiger partial charge in [0.2, 0.25) is 5.76 Å². The average molecular weight is 428 g/mol. The molecule has 2 aromatic heterocycles. The molecule has 5 rings (SSSR count). The predicted octanol–water partition coefficient (Wildman–Crippen LogP) is 3.26. The van der Waals surface area contributed by atoms with Crippen molar-refractivity contribution in [2.75, 3.05) is 39.4 Å². The summed E-state index contributed by atoms with van der Waals surface area (Å²) in [5.74, 6) is -0.716. The molecule has 0 unspecified atom stereocenters. The summed E-state index contributed by atoms with van der Waals surface area (Å²) < 4.78 is 25.0. The summed E-state index contributed by atoms with van der Waals surface area (Å²) in [6.45, 7) is 4.60. The lowest BCUT2D eigenvalue weighted by molar-refractivity contribution is 0.0354. The molecular weight excluding hydrogens is 407 g/mol. The van der Waals surface area contributed by atoms with E-state index >= 15 is 0 Å². The predicted molar refractivity (Wildman–Crippen MR) is 112 cm³/mol. The van der Waals surface area contributed by atoms with E-state index in [0.29, 0.717) is 12.1 Å². The molecule has 0 N–H and O–H groups in total. The van der Waals surface area contributed by atoms with Crippen LogP contribution in [0.1, 0.15) is 33.5 Å². The van der Waals surface area contributed by atoms with Gasteiger partial charge in [0.05, 0.1) is 30.2 Å². The third-order valence-electron chi connectivity index (χ3n) is 5.72. The number of hydrogen-bond donors (Lipinski definition) is 0. The van der Waals surface area contributed by atoms with E-state index in [-0.39, 0.29) is 28.1 Å². The summed E-state index contributed by atoms with van der Waals surface area (Å²) in [5, 5.41) is 2.09. The highest BCUT2D eigenvalue weighted by Crippen LogP contribution is 2.39. The van der Waals surface area contributed by atoms with E-state index in [0.717, 1.165) is 44.1 Å². The zero-order chi connectivity index (χ0) is 20.7. The molecule has 1 amide bonds. The maximum Gasteiger partial charge on any atom is 0.290 e. The van der Waals surface area contributed by atoms with Crippen LogP contribution in [-0.4, -0.2) is 55.1 Å².